The van der Waals surface area contributed by atoms with Crippen molar-refractivity contribution < 1.29 is 68.4 Å². The minimum absolute atomic E-state index is 0.0222. The molecule has 8 rings (SSSR count). The molecule has 5 aliphatic rings. The van der Waals surface area contributed by atoms with Crippen LogP contribution in [0.1, 0.15) is 35.1 Å². The molecule has 4 aliphatic heterocycles. The topological polar surface area (TPSA) is 235 Å². The summed E-state index contributed by atoms with van der Waals surface area (Å²) in [4.78, 5) is 48.2. The monoisotopic (exact) mass is 831 g/mol. The molecule has 4 saturated heterocycles. The molecule has 2 amide bonds. The third-order valence-electron chi connectivity index (χ3n) is 11.8. The Hall–Kier alpha value is -4.63. The predicted octanol–water partition coefficient (Wildman–Crippen LogP) is -0.384. The van der Waals surface area contributed by atoms with E-state index in [2.05, 4.69) is 10.6 Å². The summed E-state index contributed by atoms with van der Waals surface area (Å²) in [5.41, 5.74) is 1.27. The van der Waals surface area contributed by atoms with Crippen LogP contribution in [0.25, 0.3) is 6.08 Å². The number of hydrogen-bond donors (Lipinski definition) is 7. The third-order valence-corrected chi connectivity index (χ3v) is 11.8. The highest BCUT2D eigenvalue weighted by Crippen LogP contribution is 2.59. The number of benzene rings is 3. The van der Waals surface area contributed by atoms with E-state index in [1.165, 1.54) is 5.06 Å². The van der Waals surface area contributed by atoms with Crippen molar-refractivity contribution in [1.29, 1.82) is 0 Å². The van der Waals surface area contributed by atoms with Gasteiger partial charge in [0, 0.05) is 37.1 Å². The summed E-state index contributed by atoms with van der Waals surface area (Å²) in [6.07, 6.45) is -7.35. The number of nitrogens with zero attached hydrogens (tertiary/aromatic N) is 1. The Bertz CT molecular complexity index is 1980. The quantitative estimate of drug-likeness (QED) is 0.0968. The molecule has 320 valence electrons. The zero-order valence-electron chi connectivity index (χ0n) is 32.5. The zero-order valence-corrected chi connectivity index (χ0v) is 32.5. The van der Waals surface area contributed by atoms with Gasteiger partial charge in [0.15, 0.2) is 12.3 Å². The maximum atomic E-state index is 14.7. The molecule has 60 heavy (non-hydrogen) atoms. The summed E-state index contributed by atoms with van der Waals surface area (Å²) in [6, 6.07) is 24.9. The lowest BCUT2D eigenvalue weighted by Gasteiger charge is -2.48. The molecule has 3 aromatic carbocycles. The van der Waals surface area contributed by atoms with E-state index in [4.69, 9.17) is 33.6 Å². The fourth-order valence-electron chi connectivity index (χ4n) is 8.97. The second-order valence-electron chi connectivity index (χ2n) is 15.4. The van der Waals surface area contributed by atoms with Gasteiger partial charge in [0.1, 0.15) is 54.2 Å². The molecule has 4 heterocycles. The van der Waals surface area contributed by atoms with Gasteiger partial charge in [-0.1, -0.05) is 97.1 Å². The summed E-state index contributed by atoms with van der Waals surface area (Å²) < 4.78 is 31.2. The number of fused-ring (bicyclic) bond motifs is 4. The summed E-state index contributed by atoms with van der Waals surface area (Å²) in [6.45, 7) is -0.844. The molecule has 1 aliphatic carbocycles. The van der Waals surface area contributed by atoms with Crippen molar-refractivity contribution in [2.24, 2.45) is 5.41 Å². The first-order valence-electron chi connectivity index (χ1n) is 20.0. The number of esters is 1. The molecule has 1 saturated carbocycles. The fourth-order valence-corrected chi connectivity index (χ4v) is 8.97. The van der Waals surface area contributed by atoms with Crippen LogP contribution in [-0.4, -0.2) is 142 Å². The van der Waals surface area contributed by atoms with E-state index in [9.17, 15) is 34.8 Å². The van der Waals surface area contributed by atoms with Gasteiger partial charge in [-0.2, -0.15) is 5.06 Å². The summed E-state index contributed by atoms with van der Waals surface area (Å²) in [7, 11) is 0. The maximum absolute atomic E-state index is 14.7. The highest BCUT2D eigenvalue weighted by molar-refractivity contribution is 5.94. The van der Waals surface area contributed by atoms with Crippen molar-refractivity contribution in [2.75, 3.05) is 32.9 Å². The smallest absolute Gasteiger partial charge is 0.327 e. The lowest BCUT2D eigenvalue weighted by atomic mass is 9.62. The largest absolute Gasteiger partial charge is 0.458 e. The Balaban J connectivity index is 1.08. The highest BCUT2D eigenvalue weighted by atomic mass is 16.8. The fraction of sp³-hybridized carbons (Fsp3) is 0.465. The van der Waals surface area contributed by atoms with Crippen molar-refractivity contribution in [3.63, 3.8) is 0 Å². The number of carbonyl (C=O) groups is 3. The Morgan fingerprint density at radius 3 is 2.23 bits per heavy atom. The van der Waals surface area contributed by atoms with E-state index in [1.54, 1.807) is 12.2 Å². The zero-order chi connectivity index (χ0) is 42.0. The number of aliphatic hydroxyl groups excluding tert-OH is 5. The number of hydrogen-bond acceptors (Lipinski definition) is 15. The molecule has 5 fully saturated rings. The lowest BCUT2D eigenvalue weighted by molar-refractivity contribution is -0.298. The van der Waals surface area contributed by atoms with E-state index in [0.29, 0.717) is 22.3 Å². The van der Waals surface area contributed by atoms with Crippen LogP contribution in [-0.2, 0) is 55.2 Å². The number of rotatable bonds is 15. The van der Waals surface area contributed by atoms with Gasteiger partial charge in [0.2, 0.25) is 17.6 Å². The number of aliphatic hydroxyl groups is 5. The molecule has 0 aromatic heterocycles. The van der Waals surface area contributed by atoms with Gasteiger partial charge in [-0.05, 0) is 11.1 Å². The van der Waals surface area contributed by atoms with E-state index in [-0.39, 0.29) is 51.6 Å². The molecule has 17 heteroatoms. The first kappa shape index (κ1) is 42.1. The second kappa shape index (κ2) is 17.8. The number of ether oxygens (including phenoxy) is 5. The van der Waals surface area contributed by atoms with Gasteiger partial charge in [-0.3, -0.25) is 19.2 Å². The van der Waals surface area contributed by atoms with Crippen LogP contribution in [0.3, 0.4) is 0 Å². The highest BCUT2D eigenvalue weighted by Gasteiger charge is 2.76. The van der Waals surface area contributed by atoms with E-state index in [1.807, 2.05) is 84.9 Å². The molecule has 3 aromatic rings. The standard InChI is InChI=1S/C43H49N3O14/c47-20-19-44-31(49)17-18-45-41(54)42-22-29-35-36(59-43(58-35,27-13-3-1-4-14-27)28-15-5-2-6-16-28)38(42)60-46(37(42)39(53)56-29)23-26-11-8-7-10-25(26)12-9-21-55-40-34(52)33(51)32(50)30(24-48)57-40/h1-16,29-30,32-38,40,47-48,50-52H,17-24H2,(H,44,49)(H,45,54)/t29-,30-,32+,33+,34-,35+,36+,37+,38-,40+,42+/m1/s1. The molecule has 0 radical (unpaired) electrons. The molecular formula is C43H49N3O14. The van der Waals surface area contributed by atoms with Crippen molar-refractivity contribution in [3.05, 3.63) is 113 Å². The lowest BCUT2D eigenvalue weighted by Crippen LogP contribution is -2.69. The van der Waals surface area contributed by atoms with Crippen molar-refractivity contribution in [3.8, 4) is 0 Å². The third kappa shape index (κ3) is 7.65. The van der Waals surface area contributed by atoms with Crippen molar-refractivity contribution >= 4 is 23.9 Å². The molecule has 17 nitrogen and oxygen atoms in total. The summed E-state index contributed by atoms with van der Waals surface area (Å²) in [5.74, 6) is -2.98. The number of amides is 2. The molecular weight excluding hydrogens is 782 g/mol. The van der Waals surface area contributed by atoms with Crippen LogP contribution < -0.4 is 10.6 Å². The Morgan fingerprint density at radius 2 is 1.53 bits per heavy atom. The van der Waals surface area contributed by atoms with E-state index >= 15 is 0 Å². The summed E-state index contributed by atoms with van der Waals surface area (Å²) in [5, 5.41) is 56.2. The average Bonchev–Trinajstić information content (AvgIpc) is 3.85. The van der Waals surface area contributed by atoms with Gasteiger partial charge in [-0.25, -0.2) is 0 Å². The van der Waals surface area contributed by atoms with Crippen LogP contribution in [0.4, 0.5) is 0 Å². The van der Waals surface area contributed by atoms with Gasteiger partial charge >= 0.3 is 5.97 Å². The van der Waals surface area contributed by atoms with Gasteiger partial charge < -0.3 is 59.9 Å². The molecule has 7 N–H and O–H groups in total. The maximum Gasteiger partial charge on any atom is 0.327 e. The SMILES string of the molecule is O=C(CCNC(=O)[C@@]12C[C@H]3OC(=O)[C@@H]1N(Cc1ccccc1C=CCO[C@H]1O[C@H](CO)[C@H](O)[C@H](O)[C@H]1O)O[C@@H]2[C@H]1OC(c2ccccc2)(c2ccccc2)O[C@H]13)NCCO. The molecule has 0 spiro atoms. The van der Waals surface area contributed by atoms with Crippen LogP contribution in [0.2, 0.25) is 0 Å². The van der Waals surface area contributed by atoms with Gasteiger partial charge in [-0.15, -0.1) is 0 Å². The Labute approximate surface area is 345 Å². The molecule has 11 atom stereocenters. The van der Waals surface area contributed by atoms with E-state index in [0.717, 1.165) is 0 Å². The van der Waals surface area contributed by atoms with Crippen LogP contribution in [0.15, 0.2) is 91.0 Å². The minimum atomic E-state index is -1.58. The van der Waals surface area contributed by atoms with Gasteiger partial charge in [0.05, 0.1) is 26.4 Å². The van der Waals surface area contributed by atoms with Gasteiger partial charge in [0.25, 0.3) is 0 Å². The Kier molecular flexibility index (Phi) is 12.5. The van der Waals surface area contributed by atoms with Crippen LogP contribution in [0.5, 0.6) is 0 Å². The summed E-state index contributed by atoms with van der Waals surface area (Å²) >= 11 is 0. The van der Waals surface area contributed by atoms with Crippen molar-refractivity contribution in [2.45, 2.75) is 86.3 Å². The first-order chi connectivity index (χ1) is 29.1. The molecule has 0 unspecified atom stereocenters. The van der Waals surface area contributed by atoms with Crippen LogP contribution >= 0.6 is 0 Å². The Morgan fingerprint density at radius 1 is 0.850 bits per heavy atom. The predicted molar refractivity (Wildman–Crippen MR) is 207 cm³/mol. The number of nitrogens with one attached hydrogen (secondary N) is 2. The second-order valence-corrected chi connectivity index (χ2v) is 15.4. The normalized spacial score (nSPS) is 33.0. The average molecular weight is 832 g/mol. The number of hydroxylamine groups is 2. The van der Waals surface area contributed by atoms with E-state index < -0.39 is 90.8 Å². The van der Waals surface area contributed by atoms with Crippen LogP contribution in [0, 0.1) is 5.41 Å². The first-order valence-corrected chi connectivity index (χ1v) is 20.0. The number of carbonyl (C=O) groups excluding carboxylic acids is 3. The minimum Gasteiger partial charge on any atom is -0.458 e. The van der Waals surface area contributed by atoms with Crippen molar-refractivity contribution in [1.82, 2.24) is 15.7 Å². The molecule has 2 bridgehead atoms.